The van der Waals surface area contributed by atoms with Crippen LogP contribution in [-0.2, 0) is 45.2 Å². The number of aliphatic hydroxyl groups excluding tert-OH is 1. The van der Waals surface area contributed by atoms with Crippen molar-refractivity contribution in [2.75, 3.05) is 84.1 Å². The predicted molar refractivity (Wildman–Crippen MR) is 164 cm³/mol. The summed E-state index contributed by atoms with van der Waals surface area (Å²) in [6.07, 6.45) is -3.83. The monoisotopic (exact) mass is 674 g/mol. The Kier molecular flexibility index (Phi) is 10.8. The minimum Gasteiger partial charge on any atom is -0.390 e. The molecule has 0 saturated carbocycles. The second kappa shape index (κ2) is 14.3. The predicted octanol–water partition coefficient (Wildman–Crippen LogP) is 1.84. The summed E-state index contributed by atoms with van der Waals surface area (Å²) in [7, 11) is -3.52. The molecule has 2 fully saturated rings. The number of β-amino-alcohol motifs (C(OH)–C–C–N with tert-alkyl or cyclic N) is 1. The molecule has 3 aliphatic heterocycles. The number of hydrogen-bond acceptors (Lipinski definition) is 9. The van der Waals surface area contributed by atoms with Gasteiger partial charge in [0, 0.05) is 106 Å². The van der Waals surface area contributed by atoms with Crippen molar-refractivity contribution in [1.29, 1.82) is 0 Å². The Balaban J connectivity index is 1.40. The van der Waals surface area contributed by atoms with Crippen LogP contribution >= 0.6 is 11.8 Å². The number of carbonyl (C=O) groups is 1. The van der Waals surface area contributed by atoms with Crippen molar-refractivity contribution in [2.24, 2.45) is 0 Å². The normalized spacial score (nSPS) is 19.9. The van der Waals surface area contributed by atoms with E-state index in [0.717, 1.165) is 42.9 Å². The second-order valence-electron chi connectivity index (χ2n) is 11.8. The van der Waals surface area contributed by atoms with E-state index in [4.69, 9.17) is 9.84 Å². The fourth-order valence-electron chi connectivity index (χ4n) is 6.07. The first-order chi connectivity index (χ1) is 21.3. The fraction of sp³-hybridized carbons (Fsp3) is 0.655. The van der Waals surface area contributed by atoms with Crippen molar-refractivity contribution >= 4 is 27.7 Å². The maximum absolute atomic E-state index is 14.0. The molecule has 11 nitrogen and oxygen atoms in total. The largest absolute Gasteiger partial charge is 0.417 e. The molecule has 2 aromatic rings. The molecule has 0 aliphatic carbocycles. The van der Waals surface area contributed by atoms with E-state index in [1.54, 1.807) is 9.58 Å². The number of hydrogen-bond donors (Lipinski definition) is 1. The number of aromatic nitrogens is 2. The molecule has 16 heteroatoms. The third kappa shape index (κ3) is 8.58. The number of alkyl halides is 3. The quantitative estimate of drug-likeness (QED) is 0.378. The van der Waals surface area contributed by atoms with Crippen LogP contribution in [0.25, 0.3) is 11.3 Å². The van der Waals surface area contributed by atoms with Crippen LogP contribution in [0.2, 0.25) is 0 Å². The highest BCUT2D eigenvalue weighted by Gasteiger charge is 2.35. The number of fused-ring (bicyclic) bond motifs is 1. The molecule has 250 valence electrons. The molecule has 3 aliphatic rings. The number of aliphatic hydroxyl groups is 1. The maximum Gasteiger partial charge on any atom is 0.417 e. The highest BCUT2D eigenvalue weighted by atomic mass is 32.2. The van der Waals surface area contributed by atoms with E-state index in [9.17, 15) is 31.5 Å². The van der Waals surface area contributed by atoms with Gasteiger partial charge >= 0.3 is 6.18 Å². The van der Waals surface area contributed by atoms with Gasteiger partial charge in [-0.3, -0.25) is 19.3 Å². The van der Waals surface area contributed by atoms with E-state index in [-0.39, 0.29) is 30.4 Å². The standard InChI is InChI=1S/C29H41F3N6O5S2/c1-21(39)36-9-7-35(8-10-36)18-23(40)19-38-26-5-6-37(45(2,41)42)20-24(26)28(33-38)22-3-4-25(29(30,31)32)27(17-22)44-16-13-34-11-14-43-15-12-34/h3-4,17,23,40H,5-16,18-20H2,1-2H3. The smallest absolute Gasteiger partial charge is 0.390 e. The number of nitrogens with zero attached hydrogens (tertiary/aromatic N) is 6. The molecule has 1 unspecified atom stereocenters. The van der Waals surface area contributed by atoms with Gasteiger partial charge in [-0.05, 0) is 12.1 Å². The number of thioether (sulfide) groups is 1. The van der Waals surface area contributed by atoms with E-state index < -0.39 is 27.9 Å². The molecule has 1 atom stereocenters. The van der Waals surface area contributed by atoms with Crippen molar-refractivity contribution in [1.82, 2.24) is 28.8 Å². The average Bonchev–Trinajstić information content (AvgIpc) is 3.34. The van der Waals surface area contributed by atoms with Gasteiger partial charge in [0.05, 0.1) is 43.4 Å². The van der Waals surface area contributed by atoms with Gasteiger partial charge in [0.1, 0.15) is 0 Å². The van der Waals surface area contributed by atoms with Crippen LogP contribution in [-0.4, -0.2) is 138 Å². The van der Waals surface area contributed by atoms with Gasteiger partial charge < -0.3 is 14.7 Å². The lowest BCUT2D eigenvalue weighted by molar-refractivity contribution is -0.139. The molecule has 1 aromatic heterocycles. The summed E-state index contributed by atoms with van der Waals surface area (Å²) in [4.78, 5) is 17.8. The zero-order chi connectivity index (χ0) is 32.4. The molecule has 0 bridgehead atoms. The number of halogens is 3. The van der Waals surface area contributed by atoms with E-state index >= 15 is 0 Å². The lowest BCUT2D eigenvalue weighted by Gasteiger charge is -2.35. The number of benzene rings is 1. The van der Waals surface area contributed by atoms with Crippen LogP contribution in [0, 0.1) is 0 Å². The van der Waals surface area contributed by atoms with Crippen LogP contribution in [0.5, 0.6) is 0 Å². The third-order valence-electron chi connectivity index (χ3n) is 8.57. The summed E-state index contributed by atoms with van der Waals surface area (Å²) < 4.78 is 75.4. The Morgan fingerprint density at radius 2 is 1.78 bits per heavy atom. The molecule has 5 rings (SSSR count). The first-order valence-corrected chi connectivity index (χ1v) is 18.0. The van der Waals surface area contributed by atoms with Crippen LogP contribution in [0.4, 0.5) is 13.2 Å². The molecular weight excluding hydrogens is 633 g/mol. The molecule has 1 amide bonds. The van der Waals surface area contributed by atoms with Crippen molar-refractivity contribution in [2.45, 2.75) is 43.6 Å². The van der Waals surface area contributed by atoms with Gasteiger partial charge in [-0.25, -0.2) is 8.42 Å². The third-order valence-corrected chi connectivity index (χ3v) is 10.9. The number of amides is 1. The highest BCUT2D eigenvalue weighted by Crippen LogP contribution is 2.40. The summed E-state index contributed by atoms with van der Waals surface area (Å²) in [6, 6.07) is 3.97. The lowest BCUT2D eigenvalue weighted by atomic mass is 10.0. The Bertz CT molecular complexity index is 1460. The van der Waals surface area contributed by atoms with Crippen molar-refractivity contribution < 1.29 is 36.2 Å². The number of morpholine rings is 1. The number of piperazine rings is 1. The molecule has 45 heavy (non-hydrogen) atoms. The van der Waals surface area contributed by atoms with Gasteiger partial charge in [0.15, 0.2) is 0 Å². The van der Waals surface area contributed by atoms with E-state index in [2.05, 4.69) is 9.80 Å². The molecule has 0 radical (unpaired) electrons. The Labute approximate surface area is 266 Å². The topological polar surface area (TPSA) is 111 Å². The molecule has 4 heterocycles. The Morgan fingerprint density at radius 1 is 1.07 bits per heavy atom. The molecular formula is C29H41F3N6O5S2. The Morgan fingerprint density at radius 3 is 2.42 bits per heavy atom. The van der Waals surface area contributed by atoms with Crippen LogP contribution in [0.1, 0.15) is 23.7 Å². The highest BCUT2D eigenvalue weighted by molar-refractivity contribution is 7.99. The second-order valence-corrected chi connectivity index (χ2v) is 14.9. The minimum absolute atomic E-state index is 0.0240. The molecule has 1 N–H and O–H groups in total. The van der Waals surface area contributed by atoms with Crippen LogP contribution in [0.15, 0.2) is 23.1 Å². The first-order valence-electron chi connectivity index (χ1n) is 15.1. The SMILES string of the molecule is CC(=O)N1CCN(CC(O)Cn2nc(-c3ccc(C(F)(F)F)c(SCCN4CCOCC4)c3)c3c2CCN(S(C)(=O)=O)C3)CC1. The zero-order valence-corrected chi connectivity index (χ0v) is 27.3. The number of ether oxygens (including phenoxy) is 1. The number of rotatable bonds is 10. The van der Waals surface area contributed by atoms with E-state index in [1.807, 2.05) is 0 Å². The van der Waals surface area contributed by atoms with Crippen molar-refractivity contribution in [3.8, 4) is 11.3 Å². The van der Waals surface area contributed by atoms with Gasteiger partial charge in [-0.1, -0.05) is 6.07 Å². The molecule has 0 spiro atoms. The van der Waals surface area contributed by atoms with Gasteiger partial charge in [-0.2, -0.15) is 22.6 Å². The zero-order valence-electron chi connectivity index (χ0n) is 25.6. The number of carbonyl (C=O) groups excluding carboxylic acids is 1. The van der Waals surface area contributed by atoms with Crippen LogP contribution in [0.3, 0.4) is 0 Å². The first kappa shape index (κ1) is 34.1. The molecule has 1 aromatic carbocycles. The van der Waals surface area contributed by atoms with Crippen molar-refractivity contribution in [3.05, 3.63) is 35.0 Å². The van der Waals surface area contributed by atoms with Crippen molar-refractivity contribution in [3.63, 3.8) is 0 Å². The summed E-state index contributed by atoms with van der Waals surface area (Å²) in [5.74, 6) is 0.490. The van der Waals surface area contributed by atoms with Crippen LogP contribution < -0.4 is 0 Å². The molecule has 2 saturated heterocycles. The average molecular weight is 675 g/mol. The fourth-order valence-corrected chi connectivity index (χ4v) is 7.97. The van der Waals surface area contributed by atoms with Gasteiger partial charge in [0.2, 0.25) is 15.9 Å². The lowest BCUT2D eigenvalue weighted by Crippen LogP contribution is -2.50. The van der Waals surface area contributed by atoms with E-state index in [1.165, 1.54) is 23.4 Å². The number of sulfonamides is 1. The maximum atomic E-state index is 14.0. The summed E-state index contributed by atoms with van der Waals surface area (Å²) in [6.45, 7) is 8.14. The summed E-state index contributed by atoms with van der Waals surface area (Å²) >= 11 is 1.14. The van der Waals surface area contributed by atoms with Gasteiger partial charge in [-0.15, -0.1) is 11.8 Å². The summed E-state index contributed by atoms with van der Waals surface area (Å²) in [5.41, 5.74) is 1.58. The van der Waals surface area contributed by atoms with Gasteiger partial charge in [0.25, 0.3) is 0 Å². The minimum atomic E-state index is -4.54. The summed E-state index contributed by atoms with van der Waals surface area (Å²) in [5, 5.41) is 15.8. The Hall–Kier alpha value is -2.21. The van der Waals surface area contributed by atoms with E-state index in [0.29, 0.717) is 81.5 Å².